The molecular weight excluding hydrogens is 600 g/mol. The first-order valence-corrected chi connectivity index (χ1v) is 13.2. The van der Waals surface area contributed by atoms with Gasteiger partial charge in [0.1, 0.15) is 11.4 Å². The van der Waals surface area contributed by atoms with Gasteiger partial charge in [-0.15, -0.1) is 23.4 Å². The van der Waals surface area contributed by atoms with Crippen LogP contribution in [0.4, 0.5) is 37.8 Å². The van der Waals surface area contributed by atoms with E-state index in [1.807, 2.05) is 0 Å². The average molecular weight is 628 g/mol. The van der Waals surface area contributed by atoms with Crippen LogP contribution in [0.15, 0.2) is 66.1 Å². The van der Waals surface area contributed by atoms with E-state index in [-0.39, 0.29) is 38.7 Å². The van der Waals surface area contributed by atoms with Gasteiger partial charge in [0.2, 0.25) is 11.3 Å². The standard InChI is InChI=1S/C28H27F6N5O5/c1-3-5-12-26(28(32,33)34,43-16-18-10-7-6-8-11-18)25-37-36-24(44-25)22-21(39(40)41)15-20(27(29,30)31)23(35-22)38-13-14-42-17-19(38)9-4-2/h3-4,6-8,10-11,15,19H,1-2,5,9,12-14,16-17H2/t19-,26?/m1/s1. The van der Waals surface area contributed by atoms with E-state index in [2.05, 4.69) is 28.3 Å². The summed E-state index contributed by atoms with van der Waals surface area (Å²) in [5.41, 5.74) is -6.26. The van der Waals surface area contributed by atoms with Gasteiger partial charge in [-0.2, -0.15) is 26.3 Å². The van der Waals surface area contributed by atoms with Crippen molar-refractivity contribution in [1.29, 1.82) is 0 Å². The smallest absolute Gasteiger partial charge is 0.415 e. The number of ether oxygens (including phenoxy) is 2. The average Bonchev–Trinajstić information content (AvgIpc) is 3.47. The number of hydrogen-bond donors (Lipinski definition) is 0. The second-order valence-corrected chi connectivity index (χ2v) is 9.77. The van der Waals surface area contributed by atoms with Crippen LogP contribution in [0.1, 0.15) is 36.3 Å². The van der Waals surface area contributed by atoms with Gasteiger partial charge in [-0.1, -0.05) is 42.5 Å². The van der Waals surface area contributed by atoms with Gasteiger partial charge in [0.25, 0.3) is 11.8 Å². The van der Waals surface area contributed by atoms with Crippen molar-refractivity contribution in [1.82, 2.24) is 15.2 Å². The molecule has 0 saturated carbocycles. The molecule has 236 valence electrons. The van der Waals surface area contributed by atoms with Crippen LogP contribution in [0.25, 0.3) is 11.6 Å². The molecule has 3 heterocycles. The van der Waals surface area contributed by atoms with E-state index in [0.717, 1.165) is 0 Å². The number of nitro groups is 1. The van der Waals surface area contributed by atoms with Gasteiger partial charge in [-0.3, -0.25) is 10.1 Å². The summed E-state index contributed by atoms with van der Waals surface area (Å²) in [6.45, 7) is 6.51. The lowest BCUT2D eigenvalue weighted by molar-refractivity contribution is -0.384. The molecule has 0 N–H and O–H groups in total. The largest absolute Gasteiger partial charge is 0.426 e. The second kappa shape index (κ2) is 13.1. The van der Waals surface area contributed by atoms with Gasteiger partial charge >= 0.3 is 18.0 Å². The Hall–Kier alpha value is -4.31. The van der Waals surface area contributed by atoms with Crippen molar-refractivity contribution in [3.8, 4) is 11.6 Å². The van der Waals surface area contributed by atoms with E-state index in [0.29, 0.717) is 5.56 Å². The summed E-state index contributed by atoms with van der Waals surface area (Å²) in [7, 11) is 0. The van der Waals surface area contributed by atoms with Crippen LogP contribution >= 0.6 is 0 Å². The molecular formula is C28H27F6N5O5. The summed E-state index contributed by atoms with van der Waals surface area (Å²) in [5.74, 6) is -2.71. The molecule has 1 saturated heterocycles. The molecule has 1 fully saturated rings. The van der Waals surface area contributed by atoms with E-state index in [9.17, 15) is 36.5 Å². The van der Waals surface area contributed by atoms with E-state index < -0.39 is 76.5 Å². The molecule has 0 aliphatic carbocycles. The van der Waals surface area contributed by atoms with E-state index >= 15 is 0 Å². The Morgan fingerprint density at radius 3 is 2.45 bits per heavy atom. The molecule has 3 aromatic rings. The number of halogens is 6. The molecule has 0 bridgehead atoms. The molecule has 0 amide bonds. The first-order chi connectivity index (χ1) is 20.8. The highest BCUT2D eigenvalue weighted by Crippen LogP contribution is 2.47. The van der Waals surface area contributed by atoms with Crippen LogP contribution in [-0.2, 0) is 27.9 Å². The molecule has 2 atom stereocenters. The van der Waals surface area contributed by atoms with Gasteiger partial charge < -0.3 is 18.8 Å². The van der Waals surface area contributed by atoms with Crippen LogP contribution in [0.3, 0.4) is 0 Å². The highest BCUT2D eigenvalue weighted by Gasteiger charge is 2.61. The fraction of sp³-hybridized carbons (Fsp3) is 0.393. The third-order valence-corrected chi connectivity index (χ3v) is 6.88. The second-order valence-electron chi connectivity index (χ2n) is 9.77. The number of anilines is 1. The molecule has 16 heteroatoms. The molecule has 1 aliphatic rings. The number of nitrogens with zero attached hydrogens (tertiary/aromatic N) is 5. The predicted octanol–water partition coefficient (Wildman–Crippen LogP) is 6.78. The summed E-state index contributed by atoms with van der Waals surface area (Å²) in [6.07, 6.45) is -8.30. The fourth-order valence-corrected chi connectivity index (χ4v) is 4.69. The van der Waals surface area contributed by atoms with Crippen LogP contribution in [0, 0.1) is 10.1 Å². The molecule has 2 aromatic heterocycles. The number of allylic oxidation sites excluding steroid dienone is 1. The summed E-state index contributed by atoms with van der Waals surface area (Å²) in [6, 6.07) is 7.53. The van der Waals surface area contributed by atoms with Crippen LogP contribution in [0.5, 0.6) is 0 Å². The molecule has 10 nitrogen and oxygen atoms in total. The number of benzene rings is 1. The van der Waals surface area contributed by atoms with Crippen molar-refractivity contribution in [2.75, 3.05) is 24.7 Å². The summed E-state index contributed by atoms with van der Waals surface area (Å²) in [4.78, 5) is 16.0. The van der Waals surface area contributed by atoms with E-state index in [1.165, 1.54) is 29.2 Å². The quantitative estimate of drug-likeness (QED) is 0.0927. The third-order valence-electron chi connectivity index (χ3n) is 6.88. The molecule has 0 radical (unpaired) electrons. The van der Waals surface area contributed by atoms with Crippen molar-refractivity contribution in [2.45, 2.75) is 49.9 Å². The monoisotopic (exact) mass is 627 g/mol. The van der Waals surface area contributed by atoms with Gasteiger partial charge in [-0.25, -0.2) is 4.98 Å². The Kier molecular flexibility index (Phi) is 9.73. The molecule has 1 aliphatic heterocycles. The summed E-state index contributed by atoms with van der Waals surface area (Å²) < 4.78 is 103. The van der Waals surface area contributed by atoms with Gasteiger partial charge in [0.05, 0.1) is 30.8 Å². The topological polar surface area (TPSA) is 117 Å². The van der Waals surface area contributed by atoms with Crippen molar-refractivity contribution in [3.63, 3.8) is 0 Å². The summed E-state index contributed by atoms with van der Waals surface area (Å²) >= 11 is 0. The van der Waals surface area contributed by atoms with Gasteiger partial charge in [0, 0.05) is 12.6 Å². The zero-order valence-corrected chi connectivity index (χ0v) is 23.1. The molecule has 0 spiro atoms. The maximum atomic E-state index is 14.8. The molecule has 4 rings (SSSR count). The Labute approximate surface area is 247 Å². The third kappa shape index (κ3) is 6.75. The fourth-order valence-electron chi connectivity index (χ4n) is 4.69. The van der Waals surface area contributed by atoms with Crippen molar-refractivity contribution >= 4 is 11.5 Å². The minimum absolute atomic E-state index is 0.0121. The number of pyridine rings is 1. The highest BCUT2D eigenvalue weighted by molar-refractivity contribution is 5.68. The number of hydrogen-bond acceptors (Lipinski definition) is 9. The SMILES string of the molecule is C=CCCC(OCc1ccccc1)(c1nnc(-c2nc(N3CCOC[C@H]3CC=C)c(C(F)(F)F)cc2[N+](=O)[O-])o1)C(F)(F)F. The normalized spacial score (nSPS) is 17.2. The van der Waals surface area contributed by atoms with Gasteiger partial charge in [0.15, 0.2) is 0 Å². The number of alkyl halides is 6. The number of rotatable bonds is 12. The lowest BCUT2D eigenvalue weighted by Crippen LogP contribution is -2.46. The summed E-state index contributed by atoms with van der Waals surface area (Å²) in [5, 5.41) is 19.0. The highest BCUT2D eigenvalue weighted by atomic mass is 19.4. The Morgan fingerprint density at radius 1 is 1.11 bits per heavy atom. The van der Waals surface area contributed by atoms with Crippen molar-refractivity contribution < 1.29 is 45.2 Å². The van der Waals surface area contributed by atoms with Crippen LogP contribution < -0.4 is 4.90 Å². The minimum atomic E-state index is -5.13. The van der Waals surface area contributed by atoms with Crippen LogP contribution in [-0.4, -0.2) is 52.1 Å². The number of aromatic nitrogens is 3. The zero-order chi connectivity index (χ0) is 32.1. The first kappa shape index (κ1) is 32.6. The van der Waals surface area contributed by atoms with E-state index in [1.54, 1.807) is 18.2 Å². The Morgan fingerprint density at radius 2 is 1.84 bits per heavy atom. The maximum Gasteiger partial charge on any atom is 0.426 e. The lowest BCUT2D eigenvalue weighted by Gasteiger charge is -2.37. The molecule has 1 unspecified atom stereocenters. The molecule has 1 aromatic carbocycles. The van der Waals surface area contributed by atoms with Crippen molar-refractivity contribution in [2.24, 2.45) is 0 Å². The molecule has 44 heavy (non-hydrogen) atoms. The number of morpholine rings is 1. The predicted molar refractivity (Wildman–Crippen MR) is 144 cm³/mol. The maximum absolute atomic E-state index is 14.8. The minimum Gasteiger partial charge on any atom is -0.415 e. The Balaban J connectivity index is 1.88. The first-order valence-electron chi connectivity index (χ1n) is 13.2. The van der Waals surface area contributed by atoms with Crippen LogP contribution in [0.2, 0.25) is 0 Å². The van der Waals surface area contributed by atoms with Gasteiger partial charge in [-0.05, 0) is 24.8 Å². The van der Waals surface area contributed by atoms with Crippen molar-refractivity contribution in [3.05, 3.63) is 88.8 Å². The Bertz CT molecular complexity index is 1480. The zero-order valence-electron chi connectivity index (χ0n) is 23.1. The van der Waals surface area contributed by atoms with E-state index in [4.69, 9.17) is 13.9 Å². The lowest BCUT2D eigenvalue weighted by atomic mass is 9.96.